The number of thioether (sulfide) groups is 1. The number of nitrogens with zero attached hydrogens (tertiary/aromatic N) is 1. The van der Waals surface area contributed by atoms with Gasteiger partial charge in [0.1, 0.15) is 0 Å². The summed E-state index contributed by atoms with van der Waals surface area (Å²) in [6, 6.07) is 10.8. The lowest BCUT2D eigenvalue weighted by Gasteiger charge is -2.19. The molecule has 2 aliphatic heterocycles. The van der Waals surface area contributed by atoms with Gasteiger partial charge in [0.05, 0.1) is 11.9 Å². The van der Waals surface area contributed by atoms with E-state index < -0.39 is 0 Å². The lowest BCUT2D eigenvalue weighted by Crippen LogP contribution is -2.42. The molecule has 0 aromatic heterocycles. The molecule has 1 aromatic carbocycles. The fourth-order valence-electron chi connectivity index (χ4n) is 2.75. The molecule has 1 aromatic rings. The monoisotopic (exact) mass is 363 g/mol. The van der Waals surface area contributed by atoms with Crippen molar-refractivity contribution in [3.8, 4) is 0 Å². The van der Waals surface area contributed by atoms with Crippen LogP contribution in [0.4, 0.5) is 0 Å². The third kappa shape index (κ3) is 5.03. The molecule has 4 nitrogen and oxygen atoms in total. The SMILES string of the molecule is Cl.Cl.O=C(C1CC(NCc2ccccc2)CN1)N1CCSC1. The van der Waals surface area contributed by atoms with E-state index >= 15 is 0 Å². The Hall–Kier alpha value is -0.460. The van der Waals surface area contributed by atoms with Crippen molar-refractivity contribution in [2.45, 2.75) is 25.0 Å². The molecule has 2 N–H and O–H groups in total. The highest BCUT2D eigenvalue weighted by Gasteiger charge is 2.32. The first-order chi connectivity index (χ1) is 9.83. The number of rotatable bonds is 4. The van der Waals surface area contributed by atoms with Crippen LogP contribution in [0.2, 0.25) is 0 Å². The molecule has 1 amide bonds. The molecule has 7 heteroatoms. The molecule has 2 unspecified atom stereocenters. The van der Waals surface area contributed by atoms with Gasteiger partial charge in [-0.25, -0.2) is 0 Å². The summed E-state index contributed by atoms with van der Waals surface area (Å²) in [6.07, 6.45) is 0.896. The van der Waals surface area contributed by atoms with E-state index in [1.54, 1.807) is 0 Å². The maximum Gasteiger partial charge on any atom is 0.240 e. The Morgan fingerprint density at radius 1 is 1.32 bits per heavy atom. The van der Waals surface area contributed by atoms with Gasteiger partial charge in [-0.05, 0) is 12.0 Å². The van der Waals surface area contributed by atoms with Gasteiger partial charge in [0, 0.05) is 31.4 Å². The summed E-state index contributed by atoms with van der Waals surface area (Å²) in [4.78, 5) is 14.3. The summed E-state index contributed by atoms with van der Waals surface area (Å²) in [5.41, 5.74) is 1.29. The summed E-state index contributed by atoms with van der Waals surface area (Å²) in [6.45, 7) is 2.65. The van der Waals surface area contributed by atoms with E-state index in [4.69, 9.17) is 0 Å². The number of carbonyl (C=O) groups is 1. The summed E-state index contributed by atoms with van der Waals surface area (Å²) in [5, 5.41) is 6.89. The molecule has 3 rings (SSSR count). The van der Waals surface area contributed by atoms with Crippen molar-refractivity contribution in [2.75, 3.05) is 24.7 Å². The van der Waals surface area contributed by atoms with Gasteiger partial charge >= 0.3 is 0 Å². The standard InChI is InChI=1S/C15H21N3OS.2ClH/c19-15(18-6-7-20-11-18)14-8-13(10-17-14)16-9-12-4-2-1-3-5-12;;/h1-5,13-14,16-17H,6-11H2;2*1H. The van der Waals surface area contributed by atoms with Crippen LogP contribution in [0.5, 0.6) is 0 Å². The highest BCUT2D eigenvalue weighted by atomic mass is 35.5. The molecule has 0 radical (unpaired) electrons. The summed E-state index contributed by atoms with van der Waals surface area (Å²) < 4.78 is 0. The minimum atomic E-state index is 0. The van der Waals surface area contributed by atoms with E-state index in [0.29, 0.717) is 6.04 Å². The zero-order chi connectivity index (χ0) is 13.8. The van der Waals surface area contributed by atoms with E-state index in [0.717, 1.165) is 37.7 Å². The number of amides is 1. The maximum absolute atomic E-state index is 12.3. The Labute approximate surface area is 148 Å². The summed E-state index contributed by atoms with van der Waals surface area (Å²) in [7, 11) is 0. The van der Waals surface area contributed by atoms with Gasteiger partial charge in [-0.3, -0.25) is 4.79 Å². The van der Waals surface area contributed by atoms with Crippen molar-refractivity contribution < 1.29 is 4.79 Å². The number of hydrogen-bond donors (Lipinski definition) is 2. The van der Waals surface area contributed by atoms with Crippen molar-refractivity contribution in [3.63, 3.8) is 0 Å². The largest absolute Gasteiger partial charge is 0.331 e. The molecule has 0 spiro atoms. The first-order valence-electron chi connectivity index (χ1n) is 7.20. The van der Waals surface area contributed by atoms with Crippen molar-refractivity contribution in [1.29, 1.82) is 0 Å². The van der Waals surface area contributed by atoms with Crippen molar-refractivity contribution in [3.05, 3.63) is 35.9 Å². The van der Waals surface area contributed by atoms with Crippen LogP contribution in [0.15, 0.2) is 30.3 Å². The van der Waals surface area contributed by atoms with Gasteiger partial charge in [0.25, 0.3) is 0 Å². The van der Waals surface area contributed by atoms with E-state index in [1.165, 1.54) is 5.56 Å². The minimum Gasteiger partial charge on any atom is -0.331 e. The normalized spacial score (nSPS) is 23.7. The van der Waals surface area contributed by atoms with Gasteiger partial charge in [0.2, 0.25) is 5.91 Å². The second-order valence-electron chi connectivity index (χ2n) is 5.40. The molecule has 0 saturated carbocycles. The van der Waals surface area contributed by atoms with Crippen LogP contribution in [0, 0.1) is 0 Å². The Balaban J connectivity index is 0.00000121. The predicted molar refractivity (Wildman–Crippen MR) is 97.0 cm³/mol. The molecule has 2 heterocycles. The zero-order valence-corrected chi connectivity index (χ0v) is 14.8. The van der Waals surface area contributed by atoms with Crippen molar-refractivity contribution >= 4 is 42.5 Å². The van der Waals surface area contributed by atoms with Crippen LogP contribution in [0.3, 0.4) is 0 Å². The highest BCUT2D eigenvalue weighted by Crippen LogP contribution is 2.17. The average molecular weight is 364 g/mol. The van der Waals surface area contributed by atoms with Crippen LogP contribution in [-0.4, -0.2) is 47.6 Å². The van der Waals surface area contributed by atoms with E-state index in [9.17, 15) is 4.79 Å². The lowest BCUT2D eigenvalue weighted by molar-refractivity contribution is -0.131. The first-order valence-corrected chi connectivity index (χ1v) is 8.35. The maximum atomic E-state index is 12.3. The zero-order valence-electron chi connectivity index (χ0n) is 12.4. The number of halogens is 2. The fraction of sp³-hybridized carbons (Fsp3) is 0.533. The van der Waals surface area contributed by atoms with Gasteiger partial charge in [-0.15, -0.1) is 36.6 Å². The Morgan fingerprint density at radius 3 is 2.77 bits per heavy atom. The Bertz CT molecular complexity index is 457. The van der Waals surface area contributed by atoms with Crippen LogP contribution in [0.25, 0.3) is 0 Å². The van der Waals surface area contributed by atoms with Crippen LogP contribution < -0.4 is 10.6 Å². The van der Waals surface area contributed by atoms with Crippen LogP contribution in [0.1, 0.15) is 12.0 Å². The van der Waals surface area contributed by atoms with E-state index in [2.05, 4.69) is 34.9 Å². The molecule has 0 bridgehead atoms. The highest BCUT2D eigenvalue weighted by molar-refractivity contribution is 7.99. The minimum absolute atomic E-state index is 0. The third-order valence-corrected chi connectivity index (χ3v) is 4.90. The lowest BCUT2D eigenvalue weighted by atomic mass is 10.1. The number of benzene rings is 1. The number of hydrogen-bond acceptors (Lipinski definition) is 4. The quantitative estimate of drug-likeness (QED) is 0.857. The molecule has 2 saturated heterocycles. The Morgan fingerprint density at radius 2 is 2.09 bits per heavy atom. The van der Waals surface area contributed by atoms with Gasteiger partial charge < -0.3 is 15.5 Å². The third-order valence-electron chi connectivity index (χ3n) is 3.93. The van der Waals surface area contributed by atoms with Gasteiger partial charge in [0.15, 0.2) is 0 Å². The van der Waals surface area contributed by atoms with Crippen molar-refractivity contribution in [1.82, 2.24) is 15.5 Å². The van der Waals surface area contributed by atoms with Gasteiger partial charge in [-0.1, -0.05) is 30.3 Å². The van der Waals surface area contributed by atoms with Crippen molar-refractivity contribution in [2.24, 2.45) is 0 Å². The molecule has 2 atom stereocenters. The molecule has 0 aliphatic carbocycles. The van der Waals surface area contributed by atoms with E-state index in [1.807, 2.05) is 22.7 Å². The molecular formula is C15H23Cl2N3OS. The molecule has 124 valence electrons. The summed E-state index contributed by atoms with van der Waals surface area (Å²) >= 11 is 1.84. The molecule has 2 aliphatic rings. The number of nitrogens with one attached hydrogen (secondary N) is 2. The molecule has 2 fully saturated rings. The Kier molecular flexibility index (Phi) is 8.57. The topological polar surface area (TPSA) is 44.4 Å². The smallest absolute Gasteiger partial charge is 0.240 e. The second-order valence-corrected chi connectivity index (χ2v) is 6.47. The summed E-state index contributed by atoms with van der Waals surface area (Å²) in [5.74, 6) is 2.21. The first kappa shape index (κ1) is 19.6. The van der Waals surface area contributed by atoms with Gasteiger partial charge in [-0.2, -0.15) is 0 Å². The second kappa shape index (κ2) is 9.63. The number of carbonyl (C=O) groups excluding carboxylic acids is 1. The van der Waals surface area contributed by atoms with Crippen LogP contribution >= 0.6 is 36.6 Å². The molecular weight excluding hydrogens is 341 g/mol. The van der Waals surface area contributed by atoms with Crippen LogP contribution in [-0.2, 0) is 11.3 Å². The fourth-order valence-corrected chi connectivity index (χ4v) is 3.70. The average Bonchev–Trinajstić information content (AvgIpc) is 3.17. The predicted octanol–water partition coefficient (Wildman–Crippen LogP) is 1.88. The molecule has 22 heavy (non-hydrogen) atoms. The van der Waals surface area contributed by atoms with E-state index in [-0.39, 0.29) is 36.8 Å².